The van der Waals surface area contributed by atoms with Crippen molar-refractivity contribution in [2.45, 2.75) is 33.1 Å². The van der Waals surface area contributed by atoms with Crippen molar-refractivity contribution in [2.75, 3.05) is 4.90 Å². The van der Waals surface area contributed by atoms with Gasteiger partial charge in [0.25, 0.3) is 0 Å². The largest absolute Gasteiger partial charge is 0.310 e. The highest BCUT2D eigenvalue weighted by molar-refractivity contribution is 5.95. The lowest BCUT2D eigenvalue weighted by molar-refractivity contribution is 0.632. The number of benzene rings is 5. The van der Waals surface area contributed by atoms with E-state index in [1.807, 2.05) is 19.1 Å². The first-order chi connectivity index (χ1) is 23.9. The van der Waals surface area contributed by atoms with Crippen molar-refractivity contribution < 1.29 is 0 Å². The summed E-state index contributed by atoms with van der Waals surface area (Å²) in [5.74, 6) is 0. The maximum Gasteiger partial charge on any atom is 0.0545 e. The number of fused-ring (bicyclic) bond motifs is 3. The maximum atomic E-state index is 4.11. The smallest absolute Gasteiger partial charge is 0.0545 e. The molecule has 0 amide bonds. The Labute approximate surface area is 290 Å². The Balaban J connectivity index is 1.48. The minimum absolute atomic E-state index is 0.227. The molecule has 2 nitrogen and oxygen atoms in total. The quantitative estimate of drug-likeness (QED) is 0.159. The first kappa shape index (κ1) is 31.7. The first-order valence-corrected chi connectivity index (χ1v) is 17.0. The second-order valence-electron chi connectivity index (χ2n) is 13.0. The number of nitrogens with zero attached hydrogens (tertiary/aromatic N) is 2. The van der Waals surface area contributed by atoms with Gasteiger partial charge in [-0.3, -0.25) is 0 Å². The second-order valence-corrected chi connectivity index (χ2v) is 13.0. The second kappa shape index (κ2) is 13.0. The predicted octanol–water partition coefficient (Wildman–Crippen LogP) is 11.3. The molecule has 0 radical (unpaired) electrons. The van der Waals surface area contributed by atoms with Crippen LogP contribution < -0.4 is 15.5 Å². The highest BCUT2D eigenvalue weighted by Gasteiger charge is 2.37. The number of aromatic nitrogens is 1. The molecule has 7 rings (SSSR count). The summed E-state index contributed by atoms with van der Waals surface area (Å²) in [4.78, 5) is 2.44. The summed E-state index contributed by atoms with van der Waals surface area (Å²) in [5, 5.41) is 3.50. The Morgan fingerprint density at radius 1 is 0.673 bits per heavy atom. The third kappa shape index (κ3) is 5.40. The molecule has 0 saturated carbocycles. The van der Waals surface area contributed by atoms with Crippen LogP contribution in [-0.2, 0) is 5.41 Å². The number of hydrogen-bond donors (Lipinski definition) is 0. The van der Waals surface area contributed by atoms with Gasteiger partial charge in [-0.05, 0) is 89.7 Å². The minimum atomic E-state index is -0.227. The summed E-state index contributed by atoms with van der Waals surface area (Å²) in [6, 6.07) is 42.1. The molecular weight excluding hydrogens is 593 g/mol. The van der Waals surface area contributed by atoms with Crippen molar-refractivity contribution in [2.24, 2.45) is 0 Å². The molecule has 1 aliphatic rings. The summed E-state index contributed by atoms with van der Waals surface area (Å²) in [7, 11) is 0. The predicted molar refractivity (Wildman–Crippen MR) is 213 cm³/mol. The van der Waals surface area contributed by atoms with Crippen LogP contribution in [0.5, 0.6) is 0 Å². The topological polar surface area (TPSA) is 8.17 Å². The van der Waals surface area contributed by atoms with Crippen molar-refractivity contribution in [3.05, 3.63) is 186 Å². The van der Waals surface area contributed by atoms with Crippen molar-refractivity contribution in [1.82, 2.24) is 4.57 Å². The maximum absolute atomic E-state index is 4.11. The van der Waals surface area contributed by atoms with E-state index in [1.54, 1.807) is 0 Å². The lowest BCUT2D eigenvalue weighted by atomic mass is 9.73. The number of hydrogen-bond acceptors (Lipinski definition) is 1. The lowest BCUT2D eigenvalue weighted by Crippen LogP contribution is -2.30. The summed E-state index contributed by atoms with van der Waals surface area (Å²) < 4.78 is 2.40. The van der Waals surface area contributed by atoms with Gasteiger partial charge in [0.15, 0.2) is 0 Å². The molecule has 49 heavy (non-hydrogen) atoms. The fourth-order valence-corrected chi connectivity index (χ4v) is 7.45. The molecule has 0 saturated heterocycles. The van der Waals surface area contributed by atoms with E-state index in [4.69, 9.17) is 0 Å². The molecule has 2 heteroatoms. The zero-order chi connectivity index (χ0) is 34.1. The third-order valence-corrected chi connectivity index (χ3v) is 9.79. The Bertz CT molecular complexity index is 2380. The zero-order valence-corrected chi connectivity index (χ0v) is 28.8. The molecule has 2 heterocycles. The van der Waals surface area contributed by atoms with E-state index in [2.05, 4.69) is 189 Å². The van der Waals surface area contributed by atoms with Gasteiger partial charge in [0.1, 0.15) is 0 Å². The van der Waals surface area contributed by atoms with Gasteiger partial charge < -0.3 is 9.47 Å². The van der Waals surface area contributed by atoms with Crippen LogP contribution in [0, 0.1) is 0 Å². The molecule has 0 N–H and O–H groups in total. The van der Waals surface area contributed by atoms with E-state index in [-0.39, 0.29) is 5.41 Å². The number of para-hydroxylation sites is 1. The number of anilines is 3. The van der Waals surface area contributed by atoms with Crippen molar-refractivity contribution in [1.29, 1.82) is 0 Å². The van der Waals surface area contributed by atoms with Crippen LogP contribution in [0.15, 0.2) is 159 Å². The molecule has 0 atom stereocenters. The van der Waals surface area contributed by atoms with Gasteiger partial charge in [-0.1, -0.05) is 142 Å². The molecule has 240 valence electrons. The average molecular weight is 635 g/mol. The molecule has 0 aliphatic carbocycles. The molecule has 1 aromatic heterocycles. The van der Waals surface area contributed by atoms with Gasteiger partial charge in [0.2, 0.25) is 0 Å². The van der Waals surface area contributed by atoms with Crippen molar-refractivity contribution in [3.8, 4) is 16.8 Å². The van der Waals surface area contributed by atoms with E-state index >= 15 is 0 Å². The SMILES string of the molecule is C=C/C=c1\c(=C/C)n(-c2ccc(C(/C=C\C)=C/C=C)cc2)c2cc3c(cc12)N(c1ccc(-c2ccccc2)cc1)c1ccccc1C3(C)C. The molecule has 0 fully saturated rings. The highest BCUT2D eigenvalue weighted by atomic mass is 15.2. The minimum Gasteiger partial charge on any atom is -0.310 e. The Kier molecular flexibility index (Phi) is 8.40. The molecule has 0 unspecified atom stereocenters. The monoisotopic (exact) mass is 634 g/mol. The molecule has 0 bridgehead atoms. The van der Waals surface area contributed by atoms with Gasteiger partial charge in [-0.15, -0.1) is 0 Å². The average Bonchev–Trinajstić information content (AvgIpc) is 3.44. The van der Waals surface area contributed by atoms with Crippen LogP contribution in [0.2, 0.25) is 0 Å². The summed E-state index contributed by atoms with van der Waals surface area (Å²) in [5.41, 5.74) is 12.9. The summed E-state index contributed by atoms with van der Waals surface area (Å²) >= 11 is 0. The molecular formula is C47H42N2. The fraction of sp³-hybridized carbons (Fsp3) is 0.106. The standard InChI is InChI=1S/C47H42N2/c1-7-16-33(17-8-2)35-23-27-37(28-24-35)48-43(10-4)39(18-9-3)40-31-46-42(32-45(40)48)47(5,6)41-21-14-15-22-44(41)49(46)38-29-25-36(26-30-38)34-19-12-11-13-20-34/h7-32H,1,3H2,2,4-6H3/b17-8-,33-16+,39-18-,43-10+. The highest BCUT2D eigenvalue weighted by Crippen LogP contribution is 2.52. The molecule has 1 aliphatic heterocycles. The van der Waals surface area contributed by atoms with E-state index in [0.717, 1.165) is 33.1 Å². The van der Waals surface area contributed by atoms with Crippen LogP contribution in [-0.4, -0.2) is 4.57 Å². The van der Waals surface area contributed by atoms with Gasteiger partial charge in [-0.2, -0.15) is 0 Å². The van der Waals surface area contributed by atoms with Gasteiger partial charge in [0, 0.05) is 32.7 Å². The van der Waals surface area contributed by atoms with Gasteiger partial charge in [0.05, 0.1) is 16.9 Å². The first-order valence-electron chi connectivity index (χ1n) is 17.0. The van der Waals surface area contributed by atoms with Crippen LogP contribution in [0.1, 0.15) is 44.4 Å². The Hall–Kier alpha value is -5.86. The van der Waals surface area contributed by atoms with Crippen LogP contribution in [0.3, 0.4) is 0 Å². The van der Waals surface area contributed by atoms with E-state index in [0.29, 0.717) is 0 Å². The Morgan fingerprint density at radius 2 is 1.35 bits per heavy atom. The van der Waals surface area contributed by atoms with Crippen molar-refractivity contribution in [3.63, 3.8) is 0 Å². The summed E-state index contributed by atoms with van der Waals surface area (Å²) in [6.45, 7) is 16.9. The lowest BCUT2D eigenvalue weighted by Gasteiger charge is -2.42. The Morgan fingerprint density at radius 3 is 2.02 bits per heavy atom. The van der Waals surface area contributed by atoms with Crippen LogP contribution >= 0.6 is 0 Å². The molecule has 5 aromatic carbocycles. The molecule has 6 aromatic rings. The van der Waals surface area contributed by atoms with E-state index in [1.165, 1.54) is 44.5 Å². The number of allylic oxidation sites excluding steroid dienone is 6. The fourth-order valence-electron chi connectivity index (χ4n) is 7.45. The van der Waals surface area contributed by atoms with Crippen molar-refractivity contribution >= 4 is 45.7 Å². The van der Waals surface area contributed by atoms with E-state index < -0.39 is 0 Å². The number of rotatable bonds is 7. The third-order valence-electron chi connectivity index (χ3n) is 9.79. The summed E-state index contributed by atoms with van der Waals surface area (Å²) in [6.07, 6.45) is 14.3. The zero-order valence-electron chi connectivity index (χ0n) is 28.8. The van der Waals surface area contributed by atoms with Gasteiger partial charge in [-0.25, -0.2) is 0 Å². The van der Waals surface area contributed by atoms with Crippen LogP contribution in [0.25, 0.3) is 45.4 Å². The normalized spacial score (nSPS) is 14.7. The van der Waals surface area contributed by atoms with Gasteiger partial charge >= 0.3 is 0 Å². The van der Waals surface area contributed by atoms with E-state index in [9.17, 15) is 0 Å². The molecule has 0 spiro atoms. The van der Waals surface area contributed by atoms with Crippen LogP contribution in [0.4, 0.5) is 17.1 Å².